The van der Waals surface area contributed by atoms with Gasteiger partial charge in [-0.1, -0.05) is 5.11 Å². The number of fused-ring (bicyclic) bond motifs is 1. The number of azo groups is 1. The number of benzene rings is 1. The molecular formula is C10H19N4NaO9S. The number of phenols is 1. The SMILES string of the molecule is CN1c2cc(O)c(N=NC(N)=O)cc2CC1S(=O)(=O)[O-].O.O.O.O.[Na+]. The van der Waals surface area contributed by atoms with Crippen LogP contribution in [0, 0.1) is 0 Å². The fourth-order valence-electron chi connectivity index (χ4n) is 2.06. The summed E-state index contributed by atoms with van der Waals surface area (Å²) >= 11 is 0. The molecule has 2 amide bonds. The number of nitrogens with two attached hydrogens (primary N) is 1. The van der Waals surface area contributed by atoms with Crippen molar-refractivity contribution in [3.63, 3.8) is 0 Å². The minimum atomic E-state index is -4.50. The second-order valence-corrected chi connectivity index (χ2v) is 5.80. The van der Waals surface area contributed by atoms with Gasteiger partial charge in [-0.3, -0.25) is 0 Å². The summed E-state index contributed by atoms with van der Waals surface area (Å²) in [5, 5.41) is 15.0. The summed E-state index contributed by atoms with van der Waals surface area (Å²) in [7, 11) is -3.06. The number of primary amides is 1. The van der Waals surface area contributed by atoms with Gasteiger partial charge in [-0.2, -0.15) is 0 Å². The Morgan fingerprint density at radius 1 is 1.32 bits per heavy atom. The maximum absolute atomic E-state index is 11.1. The van der Waals surface area contributed by atoms with E-state index in [1.165, 1.54) is 24.1 Å². The molecule has 25 heavy (non-hydrogen) atoms. The summed E-state index contributed by atoms with van der Waals surface area (Å²) in [6.45, 7) is 0. The maximum atomic E-state index is 11.1. The molecular weight excluding hydrogens is 375 g/mol. The number of nitrogens with zero attached hydrogens (tertiary/aromatic N) is 3. The zero-order valence-electron chi connectivity index (χ0n) is 13.3. The van der Waals surface area contributed by atoms with E-state index in [4.69, 9.17) is 5.73 Å². The summed E-state index contributed by atoms with van der Waals surface area (Å²) in [5.41, 5.74) is 5.68. The van der Waals surface area contributed by atoms with Crippen LogP contribution in [-0.4, -0.2) is 58.4 Å². The van der Waals surface area contributed by atoms with Gasteiger partial charge < -0.3 is 42.2 Å². The summed E-state index contributed by atoms with van der Waals surface area (Å²) in [5.74, 6) is -0.301. The summed E-state index contributed by atoms with van der Waals surface area (Å²) in [6, 6.07) is 1.59. The monoisotopic (exact) mass is 394 g/mol. The molecule has 1 aliphatic rings. The Labute approximate surface area is 164 Å². The molecule has 11 N–H and O–H groups in total. The predicted octanol–water partition coefficient (Wildman–Crippen LogP) is -5.88. The molecule has 13 nitrogen and oxygen atoms in total. The van der Waals surface area contributed by atoms with Gasteiger partial charge in [0.25, 0.3) is 0 Å². The zero-order chi connectivity index (χ0) is 15.1. The number of likely N-dealkylation sites (N-methyl/N-ethyl adjacent to an activating group) is 1. The van der Waals surface area contributed by atoms with Gasteiger partial charge in [0.1, 0.15) is 26.9 Å². The van der Waals surface area contributed by atoms with Crippen LogP contribution >= 0.6 is 0 Å². The average Bonchev–Trinajstić information content (AvgIpc) is 2.63. The van der Waals surface area contributed by atoms with Crippen LogP contribution in [0.2, 0.25) is 0 Å². The molecule has 0 spiro atoms. The third kappa shape index (κ3) is 6.81. The molecule has 15 heteroatoms. The minimum absolute atomic E-state index is 0. The van der Waals surface area contributed by atoms with Gasteiger partial charge >= 0.3 is 35.6 Å². The number of phenolic OH excluding ortho intramolecular Hbond substituents is 1. The third-order valence-electron chi connectivity index (χ3n) is 2.97. The van der Waals surface area contributed by atoms with Crippen molar-refractivity contribution in [1.29, 1.82) is 0 Å². The van der Waals surface area contributed by atoms with Gasteiger partial charge in [-0.25, -0.2) is 13.2 Å². The molecule has 0 aliphatic carbocycles. The largest absolute Gasteiger partial charge is 1.00 e. The quantitative estimate of drug-likeness (QED) is 0.279. The van der Waals surface area contributed by atoms with Crippen molar-refractivity contribution < 1.29 is 74.3 Å². The minimum Gasteiger partial charge on any atom is -0.746 e. The van der Waals surface area contributed by atoms with Crippen molar-refractivity contribution in [1.82, 2.24) is 0 Å². The number of hydrogen-bond acceptors (Lipinski definition) is 7. The Hall–Kier alpha value is -1.36. The molecule has 1 aromatic rings. The number of carbonyl (C=O) groups is 1. The van der Waals surface area contributed by atoms with E-state index in [1.807, 2.05) is 0 Å². The van der Waals surface area contributed by atoms with Crippen LogP contribution in [0.25, 0.3) is 0 Å². The molecule has 1 aliphatic heterocycles. The van der Waals surface area contributed by atoms with Crippen LogP contribution in [0.15, 0.2) is 22.4 Å². The van der Waals surface area contributed by atoms with E-state index in [-0.39, 0.29) is 69.3 Å². The van der Waals surface area contributed by atoms with Gasteiger partial charge in [0.2, 0.25) is 0 Å². The van der Waals surface area contributed by atoms with Crippen molar-refractivity contribution in [2.75, 3.05) is 11.9 Å². The molecule has 1 heterocycles. The van der Waals surface area contributed by atoms with E-state index in [2.05, 4.69) is 10.2 Å². The number of carbonyl (C=O) groups excluding carboxylic acids is 1. The van der Waals surface area contributed by atoms with Crippen LogP contribution in [0.1, 0.15) is 5.56 Å². The molecule has 0 saturated carbocycles. The first-order valence-corrected chi connectivity index (χ1v) is 6.92. The number of amides is 2. The zero-order valence-corrected chi connectivity index (χ0v) is 16.2. The molecule has 0 saturated heterocycles. The van der Waals surface area contributed by atoms with Crippen molar-refractivity contribution in [2.45, 2.75) is 11.8 Å². The Morgan fingerprint density at radius 2 is 1.84 bits per heavy atom. The standard InChI is InChI=1S/C10H12N4O5S.Na.4H2O/c1-14-7-4-8(15)6(12-13-10(11)16)2-5(7)3-9(14)20(17,18)19;;;;;/h2,4,9,15H,3H2,1H3,(H2,11,16)(H,17,18,19);;4*1H2/q;+1;;;;/p-1. The van der Waals surface area contributed by atoms with Gasteiger partial charge in [-0.05, 0) is 11.6 Å². The van der Waals surface area contributed by atoms with Crippen molar-refractivity contribution >= 4 is 27.5 Å². The first-order valence-electron chi connectivity index (χ1n) is 5.44. The van der Waals surface area contributed by atoms with Crippen LogP contribution in [0.5, 0.6) is 5.75 Å². The average molecular weight is 394 g/mol. The second-order valence-electron chi connectivity index (χ2n) is 4.27. The number of anilines is 1. The van der Waals surface area contributed by atoms with Crippen LogP contribution in [0.4, 0.5) is 16.2 Å². The Morgan fingerprint density at radius 3 is 2.28 bits per heavy atom. The first kappa shape index (κ1) is 31.4. The molecule has 0 fully saturated rings. The third-order valence-corrected chi connectivity index (χ3v) is 4.12. The number of urea groups is 1. The fourth-order valence-corrected chi connectivity index (χ4v) is 2.94. The van der Waals surface area contributed by atoms with Crippen LogP contribution in [-0.2, 0) is 16.5 Å². The summed E-state index contributed by atoms with van der Waals surface area (Å²) in [4.78, 5) is 11.8. The Bertz CT molecular complexity index is 713. The predicted molar refractivity (Wildman–Crippen MR) is 82.3 cm³/mol. The van der Waals surface area contributed by atoms with Gasteiger partial charge in [-0.15, -0.1) is 5.11 Å². The smallest absolute Gasteiger partial charge is 0.746 e. The number of hydrogen-bond donors (Lipinski definition) is 2. The molecule has 0 bridgehead atoms. The van der Waals surface area contributed by atoms with Crippen LogP contribution in [0.3, 0.4) is 0 Å². The molecule has 1 unspecified atom stereocenters. The molecule has 0 aromatic heterocycles. The Kier molecular flexibility index (Phi) is 14.2. The van der Waals surface area contributed by atoms with E-state index in [9.17, 15) is 22.9 Å². The van der Waals surface area contributed by atoms with Crippen molar-refractivity contribution in [3.05, 3.63) is 17.7 Å². The first-order chi connectivity index (χ1) is 9.20. The maximum Gasteiger partial charge on any atom is 1.00 e. The summed E-state index contributed by atoms with van der Waals surface area (Å²) < 4.78 is 33.4. The fraction of sp³-hybridized carbons (Fsp3) is 0.300. The van der Waals surface area contributed by atoms with E-state index < -0.39 is 21.5 Å². The van der Waals surface area contributed by atoms with E-state index in [0.717, 1.165) is 0 Å². The van der Waals surface area contributed by atoms with Crippen molar-refractivity contribution in [3.8, 4) is 5.75 Å². The molecule has 140 valence electrons. The van der Waals surface area contributed by atoms with E-state index in [1.54, 1.807) is 0 Å². The van der Waals surface area contributed by atoms with E-state index in [0.29, 0.717) is 11.3 Å². The number of aromatic hydroxyl groups is 1. The molecule has 1 atom stereocenters. The molecule has 1 aromatic carbocycles. The molecule has 2 rings (SSSR count). The topological polar surface area (TPSA) is 274 Å². The van der Waals surface area contributed by atoms with Gasteiger partial charge in [0.15, 0.2) is 0 Å². The summed E-state index contributed by atoms with van der Waals surface area (Å²) in [6.07, 6.45) is -0.0307. The van der Waals surface area contributed by atoms with E-state index >= 15 is 0 Å². The second kappa shape index (κ2) is 11.3. The molecule has 0 radical (unpaired) electrons. The Balaban J connectivity index is -0.000000441. The van der Waals surface area contributed by atoms with Gasteiger partial charge in [0, 0.05) is 25.2 Å². The number of rotatable bonds is 2. The van der Waals surface area contributed by atoms with Crippen molar-refractivity contribution in [2.24, 2.45) is 16.0 Å². The normalized spacial score (nSPS) is 14.8. The van der Waals surface area contributed by atoms with Crippen LogP contribution < -0.4 is 40.2 Å². The van der Waals surface area contributed by atoms with Gasteiger partial charge in [0.05, 0.1) is 0 Å².